The van der Waals surface area contributed by atoms with Gasteiger partial charge < -0.3 is 24.7 Å². The van der Waals surface area contributed by atoms with E-state index in [0.717, 1.165) is 5.69 Å². The van der Waals surface area contributed by atoms with Crippen LogP contribution in [-0.4, -0.2) is 55.5 Å². The average molecular weight is 540 g/mol. The molecule has 1 aliphatic heterocycles. The molecule has 40 heavy (non-hydrogen) atoms. The first kappa shape index (κ1) is 26.6. The van der Waals surface area contributed by atoms with E-state index in [0.29, 0.717) is 42.3 Å². The van der Waals surface area contributed by atoms with Crippen molar-refractivity contribution in [1.29, 1.82) is 0 Å². The number of amides is 3. The van der Waals surface area contributed by atoms with Crippen LogP contribution in [0.25, 0.3) is 0 Å². The maximum Gasteiger partial charge on any atom is 0.291 e. The largest absolute Gasteiger partial charge is 0.492 e. The number of pyridine rings is 1. The van der Waals surface area contributed by atoms with Gasteiger partial charge in [-0.1, -0.05) is 24.3 Å². The first-order valence-electron chi connectivity index (χ1n) is 13.0. The smallest absolute Gasteiger partial charge is 0.291 e. The van der Waals surface area contributed by atoms with Crippen molar-refractivity contribution in [3.63, 3.8) is 0 Å². The highest BCUT2D eigenvalue weighted by molar-refractivity contribution is 6.12. The van der Waals surface area contributed by atoms with Gasteiger partial charge in [0, 0.05) is 30.5 Å². The van der Waals surface area contributed by atoms with Crippen molar-refractivity contribution < 1.29 is 23.5 Å². The number of nitrogens with zero attached hydrogens (tertiary/aromatic N) is 3. The highest BCUT2D eigenvalue weighted by Gasteiger charge is 2.32. The molecule has 0 radical (unpaired) electrons. The summed E-state index contributed by atoms with van der Waals surface area (Å²) in [6.45, 7) is 1.03. The fourth-order valence-corrected chi connectivity index (χ4v) is 4.38. The molecule has 0 bridgehead atoms. The van der Waals surface area contributed by atoms with E-state index < -0.39 is 5.91 Å². The Bertz CT molecular complexity index is 1440. The Hall–Kier alpha value is -4.96. The van der Waals surface area contributed by atoms with E-state index in [1.54, 1.807) is 41.4 Å². The molecule has 0 spiro atoms. The Balaban J connectivity index is 1.31. The summed E-state index contributed by atoms with van der Waals surface area (Å²) in [4.78, 5) is 46.4. The maximum atomic E-state index is 13.3. The standard InChI is InChI=1S/C30H29N5O5/c36-28(20-31-15-13-22-7-4-5-14-32-22)35-21-29(37)34(16-18-39-24-8-2-1-3-9-24)25-12-11-23(19-26(25)35)33-30(38)27-10-6-17-40-27/h1-12,14,17,19,31H,13,15-16,18,20-21H2,(H,33,38). The Morgan fingerprint density at radius 3 is 2.60 bits per heavy atom. The number of benzene rings is 2. The number of hydrogen-bond acceptors (Lipinski definition) is 7. The average Bonchev–Trinajstić information content (AvgIpc) is 3.53. The third-order valence-electron chi connectivity index (χ3n) is 6.34. The summed E-state index contributed by atoms with van der Waals surface area (Å²) in [6, 6.07) is 23.4. The predicted molar refractivity (Wildman–Crippen MR) is 151 cm³/mol. The van der Waals surface area contributed by atoms with E-state index in [-0.39, 0.29) is 37.3 Å². The zero-order chi connectivity index (χ0) is 27.7. The number of carbonyl (C=O) groups is 3. The van der Waals surface area contributed by atoms with Crippen LogP contribution >= 0.6 is 0 Å². The number of rotatable bonds is 11. The van der Waals surface area contributed by atoms with E-state index in [1.807, 2.05) is 48.5 Å². The molecule has 0 saturated carbocycles. The minimum Gasteiger partial charge on any atom is -0.492 e. The second-order valence-electron chi connectivity index (χ2n) is 9.07. The van der Waals surface area contributed by atoms with Crippen molar-refractivity contribution in [2.24, 2.45) is 0 Å². The molecule has 0 unspecified atom stereocenters. The lowest BCUT2D eigenvalue weighted by Gasteiger charge is -2.36. The second kappa shape index (κ2) is 12.7. The van der Waals surface area contributed by atoms with E-state index >= 15 is 0 Å². The lowest BCUT2D eigenvalue weighted by Crippen LogP contribution is -2.51. The van der Waals surface area contributed by atoms with Crippen LogP contribution in [0.15, 0.2) is 95.7 Å². The molecule has 0 saturated heterocycles. The Kier molecular flexibility index (Phi) is 8.47. The number of para-hydroxylation sites is 1. The molecule has 2 aromatic carbocycles. The number of furan rings is 1. The van der Waals surface area contributed by atoms with Crippen molar-refractivity contribution in [3.8, 4) is 5.75 Å². The third-order valence-corrected chi connectivity index (χ3v) is 6.34. The second-order valence-corrected chi connectivity index (χ2v) is 9.07. The number of carbonyl (C=O) groups excluding carboxylic acids is 3. The maximum absolute atomic E-state index is 13.3. The molecule has 204 valence electrons. The van der Waals surface area contributed by atoms with Gasteiger partial charge in [-0.2, -0.15) is 0 Å². The molecule has 0 aliphatic carbocycles. The monoisotopic (exact) mass is 539 g/mol. The van der Waals surface area contributed by atoms with Gasteiger partial charge in [-0.15, -0.1) is 0 Å². The predicted octanol–water partition coefficient (Wildman–Crippen LogP) is 3.52. The summed E-state index contributed by atoms with van der Waals surface area (Å²) in [5, 5.41) is 5.94. The number of ether oxygens (including phenoxy) is 1. The van der Waals surface area contributed by atoms with Gasteiger partial charge in [0.15, 0.2) is 5.76 Å². The van der Waals surface area contributed by atoms with E-state index in [2.05, 4.69) is 15.6 Å². The Morgan fingerprint density at radius 1 is 0.975 bits per heavy atom. The molecule has 3 amide bonds. The van der Waals surface area contributed by atoms with Crippen LogP contribution < -0.4 is 25.2 Å². The number of anilines is 3. The Morgan fingerprint density at radius 2 is 1.82 bits per heavy atom. The fourth-order valence-electron chi connectivity index (χ4n) is 4.38. The first-order valence-corrected chi connectivity index (χ1v) is 13.0. The van der Waals surface area contributed by atoms with Crippen molar-refractivity contribution >= 4 is 34.8 Å². The van der Waals surface area contributed by atoms with E-state index in [1.165, 1.54) is 11.2 Å². The van der Waals surface area contributed by atoms with Crippen LogP contribution in [0.4, 0.5) is 17.1 Å². The van der Waals surface area contributed by atoms with Crippen molar-refractivity contribution in [1.82, 2.24) is 10.3 Å². The van der Waals surface area contributed by atoms with Crippen molar-refractivity contribution in [3.05, 3.63) is 103 Å². The summed E-state index contributed by atoms with van der Waals surface area (Å²) in [6.07, 6.45) is 3.82. The van der Waals surface area contributed by atoms with Gasteiger partial charge in [0.2, 0.25) is 11.8 Å². The minimum atomic E-state index is -0.418. The fraction of sp³-hybridized carbons (Fsp3) is 0.200. The highest BCUT2D eigenvalue weighted by Crippen LogP contribution is 2.36. The minimum absolute atomic E-state index is 0.0413. The van der Waals surface area contributed by atoms with Crippen LogP contribution in [0.2, 0.25) is 0 Å². The molecule has 5 rings (SSSR count). The number of nitrogens with one attached hydrogen (secondary N) is 2. The summed E-state index contributed by atoms with van der Waals surface area (Å²) in [5.74, 6) is -0.0305. The van der Waals surface area contributed by atoms with Gasteiger partial charge in [-0.05, 0) is 54.6 Å². The zero-order valence-corrected chi connectivity index (χ0v) is 21.8. The lowest BCUT2D eigenvalue weighted by molar-refractivity contribution is -0.122. The molecule has 1 aliphatic rings. The van der Waals surface area contributed by atoms with Crippen molar-refractivity contribution in [2.45, 2.75) is 6.42 Å². The summed E-state index contributed by atoms with van der Waals surface area (Å²) in [5.41, 5.74) is 2.47. The zero-order valence-electron chi connectivity index (χ0n) is 21.8. The molecule has 2 aromatic heterocycles. The van der Waals surface area contributed by atoms with Gasteiger partial charge in [0.25, 0.3) is 5.91 Å². The molecule has 2 N–H and O–H groups in total. The summed E-state index contributed by atoms with van der Waals surface area (Å²) in [7, 11) is 0. The van der Waals surface area contributed by atoms with Crippen LogP contribution in [-0.2, 0) is 16.0 Å². The van der Waals surface area contributed by atoms with Crippen LogP contribution in [0, 0.1) is 0 Å². The third kappa shape index (κ3) is 6.54. The molecule has 3 heterocycles. The van der Waals surface area contributed by atoms with Gasteiger partial charge in [0.05, 0.1) is 30.7 Å². The quantitative estimate of drug-likeness (QED) is 0.280. The lowest BCUT2D eigenvalue weighted by atomic mass is 10.1. The van der Waals surface area contributed by atoms with Crippen LogP contribution in [0.1, 0.15) is 16.2 Å². The number of fused-ring (bicyclic) bond motifs is 1. The molecule has 10 heteroatoms. The van der Waals surface area contributed by atoms with E-state index in [9.17, 15) is 14.4 Å². The van der Waals surface area contributed by atoms with Gasteiger partial charge >= 0.3 is 0 Å². The highest BCUT2D eigenvalue weighted by atomic mass is 16.5. The molecular formula is C30H29N5O5. The van der Waals surface area contributed by atoms with Gasteiger partial charge in [0.1, 0.15) is 18.9 Å². The Labute approximate surface area is 231 Å². The summed E-state index contributed by atoms with van der Waals surface area (Å²) >= 11 is 0. The number of aromatic nitrogens is 1. The molecule has 4 aromatic rings. The topological polar surface area (TPSA) is 117 Å². The molecular weight excluding hydrogens is 510 g/mol. The molecule has 0 fully saturated rings. The normalized spacial score (nSPS) is 12.7. The van der Waals surface area contributed by atoms with E-state index in [4.69, 9.17) is 9.15 Å². The molecule has 10 nitrogen and oxygen atoms in total. The molecule has 0 atom stereocenters. The number of hydrogen-bond donors (Lipinski definition) is 2. The van der Waals surface area contributed by atoms with Crippen LogP contribution in [0.3, 0.4) is 0 Å². The van der Waals surface area contributed by atoms with Gasteiger partial charge in [-0.3, -0.25) is 24.3 Å². The first-order chi connectivity index (χ1) is 19.6. The van der Waals surface area contributed by atoms with Gasteiger partial charge in [-0.25, -0.2) is 0 Å². The SMILES string of the molecule is O=C(Nc1ccc2c(c1)N(C(=O)CNCCc1ccccn1)CC(=O)N2CCOc1ccccc1)c1ccco1. The van der Waals surface area contributed by atoms with Crippen molar-refractivity contribution in [2.75, 3.05) is 47.9 Å². The van der Waals surface area contributed by atoms with Crippen LogP contribution in [0.5, 0.6) is 5.75 Å². The summed E-state index contributed by atoms with van der Waals surface area (Å²) < 4.78 is 11.0.